The smallest absolute Gasteiger partial charge is 0.326 e. The molecule has 0 aliphatic carbocycles. The van der Waals surface area contributed by atoms with Crippen LogP contribution in [0.3, 0.4) is 0 Å². The number of rotatable bonds is 3. The summed E-state index contributed by atoms with van der Waals surface area (Å²) in [6.45, 7) is 2.58. The number of hydrogen-bond acceptors (Lipinski definition) is 3. The molecular formula is C12H19NO4. The molecule has 2 fully saturated rings. The first-order valence-electron chi connectivity index (χ1n) is 6.32. The molecule has 1 amide bonds. The Morgan fingerprint density at radius 1 is 1.35 bits per heavy atom. The maximum Gasteiger partial charge on any atom is 0.326 e. The Labute approximate surface area is 101 Å². The van der Waals surface area contributed by atoms with E-state index in [0.29, 0.717) is 13.0 Å². The Morgan fingerprint density at radius 3 is 2.71 bits per heavy atom. The van der Waals surface area contributed by atoms with Crippen LogP contribution in [0.5, 0.6) is 0 Å². The highest BCUT2D eigenvalue weighted by molar-refractivity contribution is 5.87. The third-order valence-corrected chi connectivity index (χ3v) is 3.66. The lowest BCUT2D eigenvalue weighted by molar-refractivity contribution is -0.153. The number of carboxylic acid groups (broad SMARTS) is 1. The van der Waals surface area contributed by atoms with Crippen LogP contribution in [-0.4, -0.2) is 46.7 Å². The minimum atomic E-state index is -0.902. The molecule has 0 aromatic carbocycles. The van der Waals surface area contributed by atoms with Gasteiger partial charge in [0.1, 0.15) is 12.1 Å². The molecule has 17 heavy (non-hydrogen) atoms. The first-order valence-corrected chi connectivity index (χ1v) is 6.32. The molecule has 5 nitrogen and oxygen atoms in total. The molecule has 2 rings (SSSR count). The summed E-state index contributed by atoms with van der Waals surface area (Å²) in [5.41, 5.74) is 0. The number of amides is 1. The monoisotopic (exact) mass is 241 g/mol. The molecule has 2 aliphatic heterocycles. The Kier molecular flexibility index (Phi) is 3.66. The van der Waals surface area contributed by atoms with E-state index in [-0.39, 0.29) is 12.0 Å². The van der Waals surface area contributed by atoms with Crippen molar-refractivity contribution in [3.8, 4) is 0 Å². The van der Waals surface area contributed by atoms with E-state index in [1.54, 1.807) is 0 Å². The number of carbonyl (C=O) groups is 2. The fraction of sp³-hybridized carbons (Fsp3) is 0.833. The number of carboxylic acids is 1. The Balaban J connectivity index is 1.98. The van der Waals surface area contributed by atoms with Gasteiger partial charge in [-0.3, -0.25) is 4.79 Å². The van der Waals surface area contributed by atoms with Crippen molar-refractivity contribution in [3.63, 3.8) is 0 Å². The number of ether oxygens (including phenoxy) is 1. The van der Waals surface area contributed by atoms with Crippen molar-refractivity contribution < 1.29 is 19.4 Å². The summed E-state index contributed by atoms with van der Waals surface area (Å²) in [5.74, 6) is -1.04. The molecule has 0 aromatic heterocycles. The molecule has 0 radical (unpaired) electrons. The van der Waals surface area contributed by atoms with E-state index in [4.69, 9.17) is 9.84 Å². The predicted octanol–water partition coefficient (Wildman–Crippen LogP) is 1.02. The van der Waals surface area contributed by atoms with Crippen LogP contribution < -0.4 is 0 Å². The molecule has 3 atom stereocenters. The number of aliphatic carboxylic acids is 1. The van der Waals surface area contributed by atoms with E-state index in [1.807, 2.05) is 6.92 Å². The molecule has 2 aliphatic rings. The van der Waals surface area contributed by atoms with Crippen LogP contribution >= 0.6 is 0 Å². The van der Waals surface area contributed by atoms with Crippen molar-refractivity contribution >= 4 is 11.9 Å². The minimum Gasteiger partial charge on any atom is -0.480 e. The molecule has 2 unspecified atom stereocenters. The predicted molar refractivity (Wildman–Crippen MR) is 60.6 cm³/mol. The van der Waals surface area contributed by atoms with Gasteiger partial charge in [-0.1, -0.05) is 6.92 Å². The minimum absolute atomic E-state index is 0.133. The zero-order valence-corrected chi connectivity index (χ0v) is 10.1. The molecule has 1 N–H and O–H groups in total. The van der Waals surface area contributed by atoms with Gasteiger partial charge in [0.05, 0.1) is 6.10 Å². The number of hydrogen-bond donors (Lipinski definition) is 1. The van der Waals surface area contributed by atoms with Gasteiger partial charge in [0.25, 0.3) is 5.91 Å². The van der Waals surface area contributed by atoms with Gasteiger partial charge in [-0.2, -0.15) is 0 Å². The Bertz CT molecular complexity index is 318. The van der Waals surface area contributed by atoms with E-state index in [9.17, 15) is 9.59 Å². The van der Waals surface area contributed by atoms with Crippen molar-refractivity contribution in [2.75, 3.05) is 6.54 Å². The second kappa shape index (κ2) is 5.04. The zero-order valence-electron chi connectivity index (χ0n) is 10.1. The summed E-state index contributed by atoms with van der Waals surface area (Å²) < 4.78 is 5.63. The molecule has 2 saturated heterocycles. The van der Waals surface area contributed by atoms with Crippen molar-refractivity contribution in [1.82, 2.24) is 4.90 Å². The largest absolute Gasteiger partial charge is 0.480 e. The third-order valence-electron chi connectivity index (χ3n) is 3.66. The fourth-order valence-electron chi connectivity index (χ4n) is 2.66. The van der Waals surface area contributed by atoms with E-state index in [1.165, 1.54) is 4.90 Å². The second-order valence-corrected chi connectivity index (χ2v) is 4.76. The lowest BCUT2D eigenvalue weighted by Gasteiger charge is -2.24. The maximum atomic E-state index is 12.2. The van der Waals surface area contributed by atoms with E-state index >= 15 is 0 Å². The van der Waals surface area contributed by atoms with Crippen LogP contribution in [-0.2, 0) is 14.3 Å². The lowest BCUT2D eigenvalue weighted by atomic mass is 10.1. The standard InChI is InChI=1S/C12H19NO4/c1-2-8-5-6-10(17-8)11(14)13-7-3-4-9(13)12(15)16/h8-10H,2-7H2,1H3,(H,15,16)/t8?,9-,10?/m0/s1. The van der Waals surface area contributed by atoms with Crippen LogP contribution in [0.1, 0.15) is 39.0 Å². The highest BCUT2D eigenvalue weighted by Gasteiger charge is 2.39. The summed E-state index contributed by atoms with van der Waals surface area (Å²) in [7, 11) is 0. The van der Waals surface area contributed by atoms with Crippen molar-refractivity contribution in [2.45, 2.75) is 57.3 Å². The normalized spacial score (nSPS) is 33.0. The molecule has 0 bridgehead atoms. The summed E-state index contributed by atoms with van der Waals surface area (Å²) in [4.78, 5) is 24.7. The van der Waals surface area contributed by atoms with E-state index < -0.39 is 18.1 Å². The van der Waals surface area contributed by atoms with Gasteiger partial charge >= 0.3 is 5.97 Å². The third kappa shape index (κ3) is 2.44. The van der Waals surface area contributed by atoms with Gasteiger partial charge in [-0.25, -0.2) is 4.79 Å². The summed E-state index contributed by atoms with van der Waals surface area (Å²) in [6.07, 6.45) is 3.61. The molecule has 0 saturated carbocycles. The van der Waals surface area contributed by atoms with Crippen molar-refractivity contribution in [3.05, 3.63) is 0 Å². The van der Waals surface area contributed by atoms with Crippen LogP contribution in [0.2, 0.25) is 0 Å². The van der Waals surface area contributed by atoms with Crippen LogP contribution in [0.4, 0.5) is 0 Å². The maximum absolute atomic E-state index is 12.2. The van der Waals surface area contributed by atoms with Crippen LogP contribution in [0.15, 0.2) is 0 Å². The highest BCUT2D eigenvalue weighted by Crippen LogP contribution is 2.26. The summed E-state index contributed by atoms with van der Waals surface area (Å²) in [6, 6.07) is -0.647. The van der Waals surface area contributed by atoms with Crippen LogP contribution in [0, 0.1) is 0 Å². The topological polar surface area (TPSA) is 66.8 Å². The first kappa shape index (κ1) is 12.4. The Hall–Kier alpha value is -1.10. The van der Waals surface area contributed by atoms with Crippen molar-refractivity contribution in [1.29, 1.82) is 0 Å². The molecule has 2 heterocycles. The lowest BCUT2D eigenvalue weighted by Crippen LogP contribution is -2.45. The number of likely N-dealkylation sites (tertiary alicyclic amines) is 1. The van der Waals surface area contributed by atoms with Crippen LogP contribution in [0.25, 0.3) is 0 Å². The van der Waals surface area contributed by atoms with Gasteiger partial charge in [-0.05, 0) is 32.1 Å². The summed E-state index contributed by atoms with van der Waals surface area (Å²) >= 11 is 0. The molecule has 0 spiro atoms. The van der Waals surface area contributed by atoms with Crippen molar-refractivity contribution in [2.24, 2.45) is 0 Å². The van der Waals surface area contributed by atoms with E-state index in [2.05, 4.69) is 0 Å². The fourth-order valence-corrected chi connectivity index (χ4v) is 2.66. The average Bonchev–Trinajstić information content (AvgIpc) is 2.97. The summed E-state index contributed by atoms with van der Waals surface area (Å²) in [5, 5.41) is 9.04. The van der Waals surface area contributed by atoms with Gasteiger partial charge in [0, 0.05) is 6.54 Å². The van der Waals surface area contributed by atoms with Gasteiger partial charge in [0.15, 0.2) is 0 Å². The number of nitrogens with zero attached hydrogens (tertiary/aromatic N) is 1. The molecule has 96 valence electrons. The number of carbonyl (C=O) groups excluding carboxylic acids is 1. The molecule has 0 aromatic rings. The SMILES string of the molecule is CCC1CCC(C(=O)N2CCC[C@H]2C(=O)O)O1. The highest BCUT2D eigenvalue weighted by atomic mass is 16.5. The van der Waals surface area contributed by atoms with Gasteiger partial charge < -0.3 is 14.7 Å². The molecular weight excluding hydrogens is 222 g/mol. The van der Waals surface area contributed by atoms with E-state index in [0.717, 1.165) is 25.7 Å². The second-order valence-electron chi connectivity index (χ2n) is 4.76. The van der Waals surface area contributed by atoms with Gasteiger partial charge in [-0.15, -0.1) is 0 Å². The Morgan fingerprint density at radius 2 is 2.12 bits per heavy atom. The first-order chi connectivity index (χ1) is 8.13. The quantitative estimate of drug-likeness (QED) is 0.801. The zero-order chi connectivity index (χ0) is 12.4. The molecule has 5 heteroatoms. The average molecular weight is 241 g/mol. The van der Waals surface area contributed by atoms with Gasteiger partial charge in [0.2, 0.25) is 0 Å².